The second-order valence-electron chi connectivity index (χ2n) is 3.64. The van der Waals surface area contributed by atoms with E-state index in [2.05, 4.69) is 9.97 Å². The molecule has 17 heavy (non-hydrogen) atoms. The zero-order chi connectivity index (χ0) is 11.8. The third-order valence-corrected chi connectivity index (χ3v) is 3.63. The molecule has 0 atom stereocenters. The predicted octanol–water partition coefficient (Wildman–Crippen LogP) is 2.23. The Hall–Kier alpha value is -2.14. The van der Waals surface area contributed by atoms with E-state index in [1.54, 1.807) is 0 Å². The summed E-state index contributed by atoms with van der Waals surface area (Å²) >= 11 is 1.42. The molecule has 3 N–H and O–H groups in total. The van der Waals surface area contributed by atoms with E-state index < -0.39 is 0 Å². The quantitative estimate of drug-likeness (QED) is 0.688. The molecular weight excluding hydrogens is 234 g/mol. The van der Waals surface area contributed by atoms with Gasteiger partial charge < -0.3 is 5.73 Å². The fraction of sp³-hybridized carbons (Fsp3) is 0. The number of benzene rings is 1. The maximum absolute atomic E-state index is 11.7. The Labute approximate surface area is 101 Å². The molecule has 3 rings (SSSR count). The molecule has 0 unspecified atom stereocenters. The minimum absolute atomic E-state index is 0.153. The number of nitrogen functional groups attached to an aromatic ring is 1. The smallest absolute Gasteiger partial charge is 0.270 e. The van der Waals surface area contributed by atoms with E-state index in [4.69, 9.17) is 5.73 Å². The molecule has 0 saturated carbocycles. The lowest BCUT2D eigenvalue weighted by Gasteiger charge is -1.93. The summed E-state index contributed by atoms with van der Waals surface area (Å²) in [6, 6.07) is 11.8. The molecule has 0 saturated heterocycles. The van der Waals surface area contributed by atoms with E-state index in [0.29, 0.717) is 10.2 Å². The number of nitrogens with zero attached hydrogens (tertiary/aromatic N) is 1. The standard InChI is InChI=1S/C12H9N3OS/c13-12-14-8-6-9(7-4-2-1-3-5-7)17-10(8)11(16)15-12/h1-6H,(H3,13,14,15,16). The number of rotatable bonds is 1. The Kier molecular flexibility index (Phi) is 2.19. The number of nitrogens with one attached hydrogen (secondary N) is 1. The number of thiophene rings is 1. The Morgan fingerprint density at radius 1 is 1.24 bits per heavy atom. The number of aromatic nitrogens is 2. The van der Waals surface area contributed by atoms with Crippen molar-refractivity contribution >= 4 is 27.5 Å². The number of fused-ring (bicyclic) bond motifs is 1. The molecule has 84 valence electrons. The third kappa shape index (κ3) is 1.70. The number of H-pyrrole nitrogens is 1. The highest BCUT2D eigenvalue weighted by atomic mass is 32.1. The molecule has 0 amide bonds. The lowest BCUT2D eigenvalue weighted by atomic mass is 10.2. The summed E-state index contributed by atoms with van der Waals surface area (Å²) in [5.74, 6) is 0.153. The van der Waals surface area contributed by atoms with Crippen molar-refractivity contribution in [2.75, 3.05) is 5.73 Å². The van der Waals surface area contributed by atoms with Gasteiger partial charge in [-0.05, 0) is 11.6 Å². The summed E-state index contributed by atoms with van der Waals surface area (Å²) in [5.41, 5.74) is 7.06. The highest BCUT2D eigenvalue weighted by Gasteiger charge is 2.08. The first-order chi connectivity index (χ1) is 8.24. The lowest BCUT2D eigenvalue weighted by Crippen LogP contribution is -2.09. The highest BCUT2D eigenvalue weighted by Crippen LogP contribution is 2.30. The lowest BCUT2D eigenvalue weighted by molar-refractivity contribution is 1.20. The molecule has 0 fully saturated rings. The molecule has 3 aromatic rings. The number of hydrogen-bond acceptors (Lipinski definition) is 4. The first-order valence-electron chi connectivity index (χ1n) is 5.09. The molecule has 0 bridgehead atoms. The summed E-state index contributed by atoms with van der Waals surface area (Å²) in [4.78, 5) is 19.3. The van der Waals surface area contributed by atoms with Crippen LogP contribution in [0.15, 0.2) is 41.2 Å². The van der Waals surface area contributed by atoms with Gasteiger partial charge in [0.2, 0.25) is 5.95 Å². The first-order valence-corrected chi connectivity index (χ1v) is 5.90. The molecule has 0 aliphatic rings. The average Bonchev–Trinajstić information content (AvgIpc) is 2.74. The minimum atomic E-state index is -0.181. The van der Waals surface area contributed by atoms with Crippen molar-refractivity contribution in [1.82, 2.24) is 9.97 Å². The molecule has 1 aromatic carbocycles. The maximum Gasteiger partial charge on any atom is 0.270 e. The van der Waals surface area contributed by atoms with E-state index >= 15 is 0 Å². The van der Waals surface area contributed by atoms with E-state index in [1.807, 2.05) is 36.4 Å². The van der Waals surface area contributed by atoms with Crippen molar-refractivity contribution in [3.8, 4) is 10.4 Å². The molecule has 5 heteroatoms. The summed E-state index contributed by atoms with van der Waals surface area (Å²) in [6.45, 7) is 0. The van der Waals surface area contributed by atoms with Gasteiger partial charge in [0.1, 0.15) is 4.70 Å². The molecule has 0 radical (unpaired) electrons. The Bertz CT molecular complexity index is 730. The van der Waals surface area contributed by atoms with Gasteiger partial charge in [-0.3, -0.25) is 9.78 Å². The van der Waals surface area contributed by atoms with Crippen LogP contribution in [-0.2, 0) is 0 Å². The summed E-state index contributed by atoms with van der Waals surface area (Å²) < 4.78 is 0.609. The second-order valence-corrected chi connectivity index (χ2v) is 4.69. The van der Waals surface area contributed by atoms with E-state index in [9.17, 15) is 4.79 Å². The fourth-order valence-corrected chi connectivity index (χ4v) is 2.70. The largest absolute Gasteiger partial charge is 0.369 e. The third-order valence-electron chi connectivity index (χ3n) is 2.46. The van der Waals surface area contributed by atoms with Crippen LogP contribution in [0.1, 0.15) is 0 Å². The Morgan fingerprint density at radius 2 is 2.00 bits per heavy atom. The monoisotopic (exact) mass is 243 g/mol. The van der Waals surface area contributed by atoms with Crippen molar-refractivity contribution in [2.24, 2.45) is 0 Å². The van der Waals surface area contributed by atoms with Crippen molar-refractivity contribution in [3.05, 3.63) is 46.8 Å². The van der Waals surface area contributed by atoms with Gasteiger partial charge in [0.05, 0.1) is 5.52 Å². The van der Waals surface area contributed by atoms with E-state index in [1.165, 1.54) is 11.3 Å². The molecule has 2 heterocycles. The highest BCUT2D eigenvalue weighted by molar-refractivity contribution is 7.22. The number of anilines is 1. The predicted molar refractivity (Wildman–Crippen MR) is 70.1 cm³/mol. The van der Waals surface area contributed by atoms with Gasteiger partial charge in [-0.2, -0.15) is 0 Å². The van der Waals surface area contributed by atoms with Crippen LogP contribution in [0.2, 0.25) is 0 Å². The van der Waals surface area contributed by atoms with Gasteiger partial charge in [-0.1, -0.05) is 30.3 Å². The zero-order valence-electron chi connectivity index (χ0n) is 8.81. The number of hydrogen-bond donors (Lipinski definition) is 2. The van der Waals surface area contributed by atoms with Gasteiger partial charge >= 0.3 is 0 Å². The van der Waals surface area contributed by atoms with Crippen LogP contribution >= 0.6 is 11.3 Å². The van der Waals surface area contributed by atoms with Gasteiger partial charge in [0, 0.05) is 4.88 Å². The first kappa shape index (κ1) is 10.0. The van der Waals surface area contributed by atoms with Crippen LogP contribution in [0, 0.1) is 0 Å². The zero-order valence-corrected chi connectivity index (χ0v) is 9.62. The summed E-state index contributed by atoms with van der Waals surface area (Å²) in [7, 11) is 0. The van der Waals surface area contributed by atoms with Crippen LogP contribution in [0.5, 0.6) is 0 Å². The molecule has 0 spiro atoms. The molecular formula is C12H9N3OS. The van der Waals surface area contributed by atoms with Gasteiger partial charge in [0.15, 0.2) is 0 Å². The topological polar surface area (TPSA) is 71.8 Å². The molecule has 0 aliphatic heterocycles. The Morgan fingerprint density at radius 3 is 2.76 bits per heavy atom. The molecule has 4 nitrogen and oxygen atoms in total. The molecule has 0 aliphatic carbocycles. The SMILES string of the molecule is Nc1nc2cc(-c3ccccc3)sc2c(=O)[nH]1. The van der Waals surface area contributed by atoms with Crippen molar-refractivity contribution in [1.29, 1.82) is 0 Å². The fourth-order valence-electron chi connectivity index (χ4n) is 1.70. The normalized spacial score (nSPS) is 10.8. The number of aromatic amines is 1. The van der Waals surface area contributed by atoms with Crippen LogP contribution in [-0.4, -0.2) is 9.97 Å². The summed E-state index contributed by atoms with van der Waals surface area (Å²) in [5, 5.41) is 0. The Balaban J connectivity index is 2.28. The number of nitrogens with two attached hydrogens (primary N) is 1. The minimum Gasteiger partial charge on any atom is -0.369 e. The van der Waals surface area contributed by atoms with Gasteiger partial charge in [-0.15, -0.1) is 11.3 Å². The second kappa shape index (κ2) is 3.71. The molecule has 2 aromatic heterocycles. The maximum atomic E-state index is 11.7. The van der Waals surface area contributed by atoms with Crippen molar-refractivity contribution in [2.45, 2.75) is 0 Å². The van der Waals surface area contributed by atoms with Crippen LogP contribution in [0.3, 0.4) is 0 Å². The van der Waals surface area contributed by atoms with Gasteiger partial charge in [-0.25, -0.2) is 4.98 Å². The van der Waals surface area contributed by atoms with E-state index in [-0.39, 0.29) is 11.5 Å². The van der Waals surface area contributed by atoms with Crippen LogP contribution < -0.4 is 11.3 Å². The van der Waals surface area contributed by atoms with E-state index in [0.717, 1.165) is 10.4 Å². The van der Waals surface area contributed by atoms with Crippen LogP contribution in [0.25, 0.3) is 20.7 Å². The van der Waals surface area contributed by atoms with Crippen molar-refractivity contribution < 1.29 is 0 Å². The summed E-state index contributed by atoms with van der Waals surface area (Å²) in [6.07, 6.45) is 0. The van der Waals surface area contributed by atoms with Crippen molar-refractivity contribution in [3.63, 3.8) is 0 Å². The van der Waals surface area contributed by atoms with Crippen LogP contribution in [0.4, 0.5) is 5.95 Å². The van der Waals surface area contributed by atoms with Gasteiger partial charge in [0.25, 0.3) is 5.56 Å². The average molecular weight is 243 g/mol.